The third kappa shape index (κ3) is 2.96. The maximum atomic E-state index is 12.2. The van der Waals surface area contributed by atoms with Crippen molar-refractivity contribution in [3.63, 3.8) is 0 Å². The number of hydrogen-bond acceptors (Lipinski definition) is 5. The summed E-state index contributed by atoms with van der Waals surface area (Å²) in [5, 5.41) is 0.950. The fourth-order valence-electron chi connectivity index (χ4n) is 3.36. The van der Waals surface area contributed by atoms with Gasteiger partial charge in [0.2, 0.25) is 0 Å². The van der Waals surface area contributed by atoms with Crippen LogP contribution in [0.3, 0.4) is 0 Å². The molecule has 1 heterocycles. The van der Waals surface area contributed by atoms with Crippen molar-refractivity contribution in [3.05, 3.63) is 69.6 Å². The minimum Gasteiger partial charge on any atom is -0.497 e. The Morgan fingerprint density at radius 3 is 2.54 bits per heavy atom. The third-order valence-corrected chi connectivity index (χ3v) is 4.73. The molecule has 2 aromatic carbocycles. The highest BCUT2D eigenvalue weighted by molar-refractivity contribution is 5.97. The highest BCUT2D eigenvalue weighted by Crippen LogP contribution is 2.29. The predicted octanol–water partition coefficient (Wildman–Crippen LogP) is 3.55. The number of ether oxygens (including phenoxy) is 2. The van der Waals surface area contributed by atoms with Crippen molar-refractivity contribution in [2.45, 2.75) is 19.3 Å². The SMILES string of the molecule is COc1ccc(C(=O)COc2ccc3c4c(c(=O)oc3c2)CCC4)cc1. The second kappa shape index (κ2) is 6.67. The Bertz CT molecular complexity index is 1030. The van der Waals surface area contributed by atoms with E-state index < -0.39 is 0 Å². The van der Waals surface area contributed by atoms with Crippen LogP contribution in [-0.4, -0.2) is 19.5 Å². The predicted molar refractivity (Wildman–Crippen MR) is 97.3 cm³/mol. The Kier molecular flexibility index (Phi) is 4.21. The highest BCUT2D eigenvalue weighted by Gasteiger charge is 2.19. The number of carbonyl (C=O) groups is 1. The van der Waals surface area contributed by atoms with Gasteiger partial charge in [-0.3, -0.25) is 4.79 Å². The van der Waals surface area contributed by atoms with E-state index in [-0.39, 0.29) is 18.0 Å². The summed E-state index contributed by atoms with van der Waals surface area (Å²) in [6, 6.07) is 12.3. The molecule has 0 unspecified atom stereocenters. The fourth-order valence-corrected chi connectivity index (χ4v) is 3.36. The van der Waals surface area contributed by atoms with E-state index in [1.807, 2.05) is 12.1 Å². The largest absolute Gasteiger partial charge is 0.497 e. The molecule has 0 spiro atoms. The summed E-state index contributed by atoms with van der Waals surface area (Å²) < 4.78 is 16.1. The van der Waals surface area contributed by atoms with Gasteiger partial charge >= 0.3 is 5.63 Å². The minimum atomic E-state index is -0.267. The second-order valence-corrected chi connectivity index (χ2v) is 6.30. The van der Waals surface area contributed by atoms with E-state index in [1.165, 1.54) is 0 Å². The first-order valence-electron chi connectivity index (χ1n) is 8.54. The molecule has 0 radical (unpaired) electrons. The molecule has 0 bridgehead atoms. The van der Waals surface area contributed by atoms with E-state index in [2.05, 4.69) is 0 Å². The van der Waals surface area contributed by atoms with Gasteiger partial charge < -0.3 is 13.9 Å². The maximum absolute atomic E-state index is 12.2. The van der Waals surface area contributed by atoms with Gasteiger partial charge in [-0.05, 0) is 61.2 Å². The van der Waals surface area contributed by atoms with Crippen LogP contribution in [0.15, 0.2) is 51.7 Å². The van der Waals surface area contributed by atoms with Gasteiger partial charge in [0.05, 0.1) is 7.11 Å². The Morgan fingerprint density at radius 1 is 1.04 bits per heavy atom. The summed E-state index contributed by atoms with van der Waals surface area (Å²) in [5.74, 6) is 1.06. The molecule has 0 aliphatic heterocycles. The molecule has 1 aliphatic carbocycles. The van der Waals surface area contributed by atoms with E-state index >= 15 is 0 Å². The Balaban J connectivity index is 1.53. The van der Waals surface area contributed by atoms with E-state index in [0.717, 1.165) is 35.8 Å². The van der Waals surface area contributed by atoms with Gasteiger partial charge in [0.15, 0.2) is 12.4 Å². The summed E-state index contributed by atoms with van der Waals surface area (Å²) >= 11 is 0. The molecule has 0 amide bonds. The summed E-state index contributed by atoms with van der Waals surface area (Å²) in [6.45, 7) is -0.0903. The lowest BCUT2D eigenvalue weighted by Crippen LogP contribution is -2.11. The molecule has 132 valence electrons. The van der Waals surface area contributed by atoms with Crippen molar-refractivity contribution >= 4 is 16.8 Å². The molecule has 0 N–H and O–H groups in total. The number of benzene rings is 2. The minimum absolute atomic E-state index is 0.0903. The van der Waals surface area contributed by atoms with Crippen molar-refractivity contribution in [1.82, 2.24) is 0 Å². The van der Waals surface area contributed by atoms with Crippen LogP contribution < -0.4 is 15.1 Å². The standard InChI is InChI=1S/C21H18O5/c1-24-14-7-5-13(6-8-14)19(22)12-25-15-9-10-17-16-3-2-4-18(16)21(23)26-20(17)11-15/h5-11H,2-4,12H2,1H3. The number of carbonyl (C=O) groups excluding carboxylic acids is 1. The van der Waals surface area contributed by atoms with Crippen molar-refractivity contribution in [2.75, 3.05) is 13.7 Å². The van der Waals surface area contributed by atoms with Crippen LogP contribution in [0.5, 0.6) is 11.5 Å². The second-order valence-electron chi connectivity index (χ2n) is 6.30. The van der Waals surface area contributed by atoms with Crippen molar-refractivity contribution in [2.24, 2.45) is 0 Å². The van der Waals surface area contributed by atoms with Crippen molar-refractivity contribution < 1.29 is 18.7 Å². The van der Waals surface area contributed by atoms with Gasteiger partial charge in [0.25, 0.3) is 0 Å². The highest BCUT2D eigenvalue weighted by atomic mass is 16.5. The van der Waals surface area contributed by atoms with Gasteiger partial charge in [-0.1, -0.05) is 0 Å². The average molecular weight is 350 g/mol. The zero-order valence-electron chi connectivity index (χ0n) is 14.4. The molecular weight excluding hydrogens is 332 g/mol. The zero-order chi connectivity index (χ0) is 18.1. The first kappa shape index (κ1) is 16.4. The smallest absolute Gasteiger partial charge is 0.339 e. The van der Waals surface area contributed by atoms with Gasteiger partial charge in [0, 0.05) is 22.6 Å². The van der Waals surface area contributed by atoms with Gasteiger partial charge in [-0.25, -0.2) is 4.79 Å². The molecule has 0 saturated carbocycles. The van der Waals surface area contributed by atoms with Crippen LogP contribution in [0.2, 0.25) is 0 Å². The zero-order valence-corrected chi connectivity index (χ0v) is 14.4. The van der Waals surface area contributed by atoms with E-state index in [4.69, 9.17) is 13.9 Å². The third-order valence-electron chi connectivity index (χ3n) is 4.73. The number of hydrogen-bond donors (Lipinski definition) is 0. The fraction of sp³-hybridized carbons (Fsp3) is 0.238. The maximum Gasteiger partial charge on any atom is 0.339 e. The molecule has 1 aromatic heterocycles. The molecule has 4 rings (SSSR count). The lowest BCUT2D eigenvalue weighted by Gasteiger charge is -2.08. The number of fused-ring (bicyclic) bond motifs is 3. The van der Waals surface area contributed by atoms with Crippen LogP contribution in [-0.2, 0) is 12.8 Å². The van der Waals surface area contributed by atoms with E-state index in [1.54, 1.807) is 37.4 Å². The molecule has 1 aliphatic rings. The van der Waals surface area contributed by atoms with Gasteiger partial charge in [-0.15, -0.1) is 0 Å². The van der Waals surface area contributed by atoms with Crippen LogP contribution in [0.4, 0.5) is 0 Å². The lowest BCUT2D eigenvalue weighted by molar-refractivity contribution is 0.0921. The first-order chi connectivity index (χ1) is 12.7. The molecule has 5 nitrogen and oxygen atoms in total. The number of Topliss-reactive ketones (excluding diaryl/α,β-unsaturated/α-hetero) is 1. The Morgan fingerprint density at radius 2 is 1.77 bits per heavy atom. The summed E-state index contributed by atoms with van der Waals surface area (Å²) in [5.41, 5.74) is 2.66. The summed E-state index contributed by atoms with van der Waals surface area (Å²) in [4.78, 5) is 24.3. The van der Waals surface area contributed by atoms with E-state index in [9.17, 15) is 9.59 Å². The van der Waals surface area contributed by atoms with Crippen LogP contribution in [0.25, 0.3) is 11.0 Å². The van der Waals surface area contributed by atoms with Gasteiger partial charge in [-0.2, -0.15) is 0 Å². The average Bonchev–Trinajstić information content (AvgIpc) is 3.17. The molecule has 26 heavy (non-hydrogen) atoms. The van der Waals surface area contributed by atoms with E-state index in [0.29, 0.717) is 22.6 Å². The van der Waals surface area contributed by atoms with Crippen molar-refractivity contribution in [1.29, 1.82) is 0 Å². The van der Waals surface area contributed by atoms with Crippen molar-refractivity contribution in [3.8, 4) is 11.5 Å². The number of ketones is 1. The van der Waals surface area contributed by atoms with Crippen LogP contribution in [0.1, 0.15) is 27.9 Å². The normalized spacial score (nSPS) is 12.8. The monoisotopic (exact) mass is 350 g/mol. The molecule has 0 saturated heterocycles. The Labute approximate surface area is 150 Å². The lowest BCUT2D eigenvalue weighted by atomic mass is 10.1. The van der Waals surface area contributed by atoms with Crippen LogP contribution in [0, 0.1) is 0 Å². The quantitative estimate of drug-likeness (QED) is 0.520. The van der Waals surface area contributed by atoms with Gasteiger partial charge in [0.1, 0.15) is 17.1 Å². The van der Waals surface area contributed by atoms with Crippen LogP contribution >= 0.6 is 0 Å². The molecule has 5 heteroatoms. The molecule has 0 atom stereocenters. The number of rotatable bonds is 5. The molecular formula is C21H18O5. The number of methoxy groups -OCH3 is 1. The summed E-state index contributed by atoms with van der Waals surface area (Å²) in [6.07, 6.45) is 2.66. The summed E-state index contributed by atoms with van der Waals surface area (Å²) in [7, 11) is 1.58. The first-order valence-corrected chi connectivity index (χ1v) is 8.54. The molecule has 0 fully saturated rings. The Hall–Kier alpha value is -3.08. The number of aryl methyl sites for hydroxylation is 1. The molecule has 3 aromatic rings. The topological polar surface area (TPSA) is 65.7 Å².